The van der Waals surface area contributed by atoms with Gasteiger partial charge in [0.2, 0.25) is 0 Å². The van der Waals surface area contributed by atoms with Crippen molar-refractivity contribution in [3.63, 3.8) is 0 Å². The summed E-state index contributed by atoms with van der Waals surface area (Å²) in [5, 5.41) is 1.59. The molecule has 0 aliphatic carbocycles. The fraction of sp³-hybridized carbons (Fsp3) is 0.212. The second kappa shape index (κ2) is 11.0. The van der Waals surface area contributed by atoms with Crippen LogP contribution in [0.25, 0.3) is 43.0 Å². The fourth-order valence-electron chi connectivity index (χ4n) is 4.72. The number of Topliss-reactive ketones (excluding diaryl/α,β-unsaturated/α-hetero) is 1. The number of hydrogen-bond acceptors (Lipinski definition) is 4. The zero-order valence-electron chi connectivity index (χ0n) is 22.5. The van der Waals surface area contributed by atoms with Gasteiger partial charge in [-0.05, 0) is 87.2 Å². The molecule has 6 heteroatoms. The van der Waals surface area contributed by atoms with Gasteiger partial charge in [0, 0.05) is 26.2 Å². The van der Waals surface area contributed by atoms with Crippen molar-refractivity contribution in [3.05, 3.63) is 99.5 Å². The summed E-state index contributed by atoms with van der Waals surface area (Å²) in [4.78, 5) is 18.0. The molecule has 198 valence electrons. The summed E-state index contributed by atoms with van der Waals surface area (Å²) in [7, 11) is 0. The predicted octanol–water partition coefficient (Wildman–Crippen LogP) is 10.5. The molecule has 3 nitrogen and oxygen atoms in total. The van der Waals surface area contributed by atoms with E-state index in [0.717, 1.165) is 58.6 Å². The number of ether oxygens (including phenoxy) is 1. The Morgan fingerprint density at radius 1 is 0.897 bits per heavy atom. The minimum Gasteiger partial charge on any atom is -0.360 e. The van der Waals surface area contributed by atoms with Gasteiger partial charge in [0.25, 0.3) is 0 Å². The maximum Gasteiger partial charge on any atom is 0.163 e. The van der Waals surface area contributed by atoms with Crippen LogP contribution in [0.3, 0.4) is 0 Å². The molecular formula is C33H29BrClNO2S. The molecule has 0 aliphatic heterocycles. The highest BCUT2D eigenvalue weighted by Crippen LogP contribution is 2.44. The largest absolute Gasteiger partial charge is 0.360 e. The molecule has 0 saturated heterocycles. The van der Waals surface area contributed by atoms with E-state index in [1.54, 1.807) is 18.3 Å². The van der Waals surface area contributed by atoms with Gasteiger partial charge in [-0.1, -0.05) is 76.1 Å². The van der Waals surface area contributed by atoms with Crippen LogP contribution in [-0.2, 0) is 9.53 Å². The third-order valence-electron chi connectivity index (χ3n) is 6.47. The van der Waals surface area contributed by atoms with E-state index in [9.17, 15) is 4.79 Å². The number of hydrogen-bond donors (Lipinski definition) is 0. The molecule has 5 rings (SSSR count). The number of fused-ring (bicyclic) bond motifs is 1. The Morgan fingerprint density at radius 3 is 2.00 bits per heavy atom. The second-order valence-electron chi connectivity index (χ2n) is 10.7. The number of rotatable bonds is 6. The van der Waals surface area contributed by atoms with Crippen molar-refractivity contribution >= 4 is 54.9 Å². The van der Waals surface area contributed by atoms with E-state index in [1.807, 2.05) is 64.1 Å². The number of thiazole rings is 1. The smallest absolute Gasteiger partial charge is 0.163 e. The molecule has 0 saturated carbocycles. The molecule has 5 aromatic rings. The lowest BCUT2D eigenvalue weighted by Crippen LogP contribution is -2.27. The number of ketones is 1. The van der Waals surface area contributed by atoms with Gasteiger partial charge in [0.05, 0.1) is 15.8 Å². The average Bonchev–Trinajstić information content (AvgIpc) is 3.31. The first-order valence-electron chi connectivity index (χ1n) is 12.7. The van der Waals surface area contributed by atoms with Crippen LogP contribution in [0.15, 0.2) is 83.3 Å². The number of benzene rings is 4. The van der Waals surface area contributed by atoms with E-state index >= 15 is 0 Å². The van der Waals surface area contributed by atoms with Crippen LogP contribution in [0, 0.1) is 6.92 Å². The van der Waals surface area contributed by atoms with Crippen LogP contribution in [0.1, 0.15) is 44.9 Å². The van der Waals surface area contributed by atoms with E-state index in [4.69, 9.17) is 21.3 Å². The zero-order valence-corrected chi connectivity index (χ0v) is 25.7. The summed E-state index contributed by atoms with van der Waals surface area (Å²) in [6.45, 7) is 9.55. The van der Waals surface area contributed by atoms with Crippen LogP contribution in [-0.4, -0.2) is 16.4 Å². The number of aromatic nitrogens is 1. The third-order valence-corrected chi connectivity index (χ3v) is 8.39. The first-order valence-corrected chi connectivity index (χ1v) is 14.7. The predicted molar refractivity (Wildman–Crippen MR) is 168 cm³/mol. The molecule has 1 heterocycles. The molecular weight excluding hydrogens is 590 g/mol. The standard InChI is InChI=1S/C33H29BrClNO2S/c1-19-18-27-31(39-32(36-27)24-8-6-21(7-9-24)22-10-14-25(34)15-11-22)29(23-12-16-26(35)17-13-23)28(19)30(20(2)37)38-33(3,4)5/h6-18,30H,1-5H3/t30-/m1/s1. The van der Waals surface area contributed by atoms with Crippen LogP contribution in [0.2, 0.25) is 5.02 Å². The summed E-state index contributed by atoms with van der Waals surface area (Å²) in [5.41, 5.74) is 7.57. The molecule has 0 radical (unpaired) electrons. The summed E-state index contributed by atoms with van der Waals surface area (Å²) < 4.78 is 8.44. The van der Waals surface area contributed by atoms with Gasteiger partial charge in [-0.2, -0.15) is 0 Å². The van der Waals surface area contributed by atoms with E-state index in [0.29, 0.717) is 5.02 Å². The first-order chi connectivity index (χ1) is 18.5. The van der Waals surface area contributed by atoms with E-state index in [-0.39, 0.29) is 5.78 Å². The molecule has 4 aromatic carbocycles. The van der Waals surface area contributed by atoms with Crippen molar-refractivity contribution in [1.29, 1.82) is 0 Å². The second-order valence-corrected chi connectivity index (χ2v) is 13.0. The Hall–Kier alpha value is -2.83. The normalized spacial score (nSPS) is 12.6. The minimum absolute atomic E-state index is 0.0316. The van der Waals surface area contributed by atoms with Gasteiger partial charge in [-0.3, -0.25) is 4.79 Å². The molecule has 0 unspecified atom stereocenters. The molecule has 1 atom stereocenters. The number of halogens is 2. The third kappa shape index (κ3) is 6.02. The minimum atomic E-state index is -0.698. The van der Waals surface area contributed by atoms with Gasteiger partial charge >= 0.3 is 0 Å². The first kappa shape index (κ1) is 27.7. The Bertz CT molecular complexity index is 1650. The monoisotopic (exact) mass is 617 g/mol. The van der Waals surface area contributed by atoms with Crippen LogP contribution < -0.4 is 0 Å². The van der Waals surface area contributed by atoms with Crippen LogP contribution in [0.5, 0.6) is 0 Å². The van der Waals surface area contributed by atoms with Crippen molar-refractivity contribution in [2.45, 2.75) is 46.3 Å². The van der Waals surface area contributed by atoms with Gasteiger partial charge in [0.1, 0.15) is 11.1 Å². The van der Waals surface area contributed by atoms with Crippen LogP contribution in [0.4, 0.5) is 0 Å². The molecule has 1 aromatic heterocycles. The van der Waals surface area contributed by atoms with Crippen molar-refractivity contribution in [1.82, 2.24) is 4.98 Å². The van der Waals surface area contributed by atoms with Crippen molar-refractivity contribution in [2.24, 2.45) is 0 Å². The molecule has 0 spiro atoms. The van der Waals surface area contributed by atoms with Crippen molar-refractivity contribution in [2.75, 3.05) is 0 Å². The highest BCUT2D eigenvalue weighted by atomic mass is 79.9. The van der Waals surface area contributed by atoms with E-state index < -0.39 is 11.7 Å². The number of carbonyl (C=O) groups excluding carboxylic acids is 1. The SMILES string of the molecule is CC(=O)[C@@H](OC(C)(C)C)c1c(C)cc2nc(-c3ccc(-c4ccc(Br)cc4)cc3)sc2c1-c1ccc(Cl)cc1. The molecule has 0 amide bonds. The Balaban J connectivity index is 1.67. The summed E-state index contributed by atoms with van der Waals surface area (Å²) in [6.07, 6.45) is -0.698. The summed E-state index contributed by atoms with van der Waals surface area (Å²) in [5.74, 6) is -0.0316. The lowest BCUT2D eigenvalue weighted by Gasteiger charge is -2.29. The number of nitrogens with zero attached hydrogens (tertiary/aromatic N) is 1. The number of aryl methyl sites for hydroxylation is 1. The fourth-order valence-corrected chi connectivity index (χ4v) is 6.24. The Morgan fingerprint density at radius 2 is 1.44 bits per heavy atom. The number of carbonyl (C=O) groups is 1. The lowest BCUT2D eigenvalue weighted by atomic mass is 9.90. The van der Waals surface area contributed by atoms with Crippen molar-refractivity contribution < 1.29 is 9.53 Å². The van der Waals surface area contributed by atoms with E-state index in [2.05, 4.69) is 58.4 Å². The highest BCUT2D eigenvalue weighted by molar-refractivity contribution is 9.10. The van der Waals surface area contributed by atoms with E-state index in [1.165, 1.54) is 0 Å². The van der Waals surface area contributed by atoms with Crippen molar-refractivity contribution in [3.8, 4) is 32.8 Å². The maximum absolute atomic E-state index is 13.0. The maximum atomic E-state index is 13.0. The molecule has 0 N–H and O–H groups in total. The quantitative estimate of drug-likeness (QED) is 0.190. The average molecular weight is 619 g/mol. The lowest BCUT2D eigenvalue weighted by molar-refractivity contribution is -0.138. The molecule has 0 bridgehead atoms. The zero-order chi connectivity index (χ0) is 27.9. The summed E-state index contributed by atoms with van der Waals surface area (Å²) in [6, 6.07) is 26.6. The Kier molecular flexibility index (Phi) is 7.80. The Labute approximate surface area is 247 Å². The van der Waals surface area contributed by atoms with Gasteiger partial charge in [0.15, 0.2) is 5.78 Å². The van der Waals surface area contributed by atoms with Crippen LogP contribution >= 0.6 is 38.9 Å². The topological polar surface area (TPSA) is 39.2 Å². The highest BCUT2D eigenvalue weighted by Gasteiger charge is 2.30. The van der Waals surface area contributed by atoms with Gasteiger partial charge < -0.3 is 4.74 Å². The molecule has 0 aliphatic rings. The molecule has 0 fully saturated rings. The van der Waals surface area contributed by atoms with Gasteiger partial charge in [-0.25, -0.2) is 4.98 Å². The molecule has 39 heavy (non-hydrogen) atoms. The van der Waals surface area contributed by atoms with Gasteiger partial charge in [-0.15, -0.1) is 11.3 Å². The summed E-state index contributed by atoms with van der Waals surface area (Å²) >= 11 is 11.4.